The first kappa shape index (κ1) is 17.8. The van der Waals surface area contributed by atoms with E-state index < -0.39 is 0 Å². The smallest absolute Gasteiger partial charge is 0.221 e. The summed E-state index contributed by atoms with van der Waals surface area (Å²) in [6.07, 6.45) is 9.42. The van der Waals surface area contributed by atoms with E-state index in [1.54, 1.807) is 29.5 Å². The van der Waals surface area contributed by atoms with E-state index in [4.69, 9.17) is 0 Å². The van der Waals surface area contributed by atoms with Gasteiger partial charge in [-0.05, 0) is 23.8 Å². The van der Waals surface area contributed by atoms with Gasteiger partial charge in [0.05, 0.1) is 5.69 Å². The first-order valence-corrected chi connectivity index (χ1v) is 8.51. The molecule has 7 heteroatoms. The molecule has 0 spiro atoms. The molecule has 2 N–H and O–H groups in total. The molecule has 0 radical (unpaired) electrons. The highest BCUT2D eigenvalue weighted by atomic mass is 16.1. The lowest BCUT2D eigenvalue weighted by Crippen LogP contribution is -2.27. The fraction of sp³-hybridized carbons (Fsp3) is 0.263. The van der Waals surface area contributed by atoms with Crippen molar-refractivity contribution in [3.63, 3.8) is 0 Å². The number of hydrogen-bond acceptors (Lipinski definition) is 5. The normalized spacial score (nSPS) is 10.7. The molecule has 3 rings (SSSR count). The molecule has 0 fully saturated rings. The minimum absolute atomic E-state index is 0.0139. The van der Waals surface area contributed by atoms with Gasteiger partial charge in [0.1, 0.15) is 0 Å². The summed E-state index contributed by atoms with van der Waals surface area (Å²) in [4.78, 5) is 20.1. The van der Waals surface area contributed by atoms with Gasteiger partial charge in [0.2, 0.25) is 5.91 Å². The van der Waals surface area contributed by atoms with Crippen LogP contribution in [0.2, 0.25) is 0 Å². The van der Waals surface area contributed by atoms with Gasteiger partial charge in [-0.2, -0.15) is 5.10 Å². The summed E-state index contributed by atoms with van der Waals surface area (Å²) in [7, 11) is 1.90. The predicted molar refractivity (Wildman–Crippen MR) is 98.8 cm³/mol. The van der Waals surface area contributed by atoms with Gasteiger partial charge < -0.3 is 10.6 Å². The van der Waals surface area contributed by atoms with Gasteiger partial charge in [-0.25, -0.2) is 0 Å². The van der Waals surface area contributed by atoms with E-state index in [-0.39, 0.29) is 5.91 Å². The Labute approximate surface area is 152 Å². The van der Waals surface area contributed by atoms with Crippen molar-refractivity contribution in [2.75, 3.05) is 6.54 Å². The van der Waals surface area contributed by atoms with Crippen molar-refractivity contribution in [1.29, 1.82) is 0 Å². The number of nitrogens with one attached hydrogen (secondary N) is 2. The van der Waals surface area contributed by atoms with Gasteiger partial charge in [-0.15, -0.1) is 0 Å². The van der Waals surface area contributed by atoms with Crippen molar-refractivity contribution in [1.82, 2.24) is 30.4 Å². The van der Waals surface area contributed by atoms with E-state index in [0.717, 1.165) is 22.4 Å². The van der Waals surface area contributed by atoms with E-state index in [9.17, 15) is 4.79 Å². The van der Waals surface area contributed by atoms with E-state index >= 15 is 0 Å². The number of hydrogen-bond donors (Lipinski definition) is 2. The van der Waals surface area contributed by atoms with Crippen LogP contribution in [-0.4, -0.2) is 32.2 Å². The Kier molecular flexibility index (Phi) is 6.05. The fourth-order valence-corrected chi connectivity index (χ4v) is 2.63. The van der Waals surface area contributed by atoms with Crippen LogP contribution in [0.4, 0.5) is 0 Å². The van der Waals surface area contributed by atoms with Gasteiger partial charge in [0.15, 0.2) is 0 Å². The Bertz CT molecular complexity index is 832. The molecule has 134 valence electrons. The number of aryl methyl sites for hydroxylation is 1. The number of rotatable bonds is 8. The maximum Gasteiger partial charge on any atom is 0.221 e. The molecular formula is C19H22N6O. The highest BCUT2D eigenvalue weighted by molar-refractivity contribution is 5.76. The van der Waals surface area contributed by atoms with Crippen molar-refractivity contribution in [2.45, 2.75) is 19.5 Å². The van der Waals surface area contributed by atoms with Crippen molar-refractivity contribution in [2.24, 2.45) is 7.05 Å². The third-order valence-electron chi connectivity index (χ3n) is 3.90. The van der Waals surface area contributed by atoms with Crippen LogP contribution < -0.4 is 10.6 Å². The van der Waals surface area contributed by atoms with E-state index in [2.05, 4.69) is 25.7 Å². The number of aromatic nitrogens is 4. The van der Waals surface area contributed by atoms with Gasteiger partial charge in [0.25, 0.3) is 0 Å². The zero-order valence-corrected chi connectivity index (χ0v) is 14.7. The summed E-state index contributed by atoms with van der Waals surface area (Å²) in [6, 6.07) is 7.68. The molecule has 0 aliphatic rings. The average molecular weight is 350 g/mol. The Balaban J connectivity index is 1.45. The van der Waals surface area contributed by atoms with Crippen LogP contribution in [0.25, 0.3) is 11.3 Å². The van der Waals surface area contributed by atoms with Crippen molar-refractivity contribution in [3.8, 4) is 11.3 Å². The Morgan fingerprint density at radius 2 is 1.92 bits per heavy atom. The van der Waals surface area contributed by atoms with Crippen LogP contribution in [0.5, 0.6) is 0 Å². The predicted octanol–water partition coefficient (Wildman–Crippen LogP) is 1.67. The summed E-state index contributed by atoms with van der Waals surface area (Å²) in [5.41, 5.74) is 3.97. The lowest BCUT2D eigenvalue weighted by molar-refractivity contribution is -0.121. The van der Waals surface area contributed by atoms with E-state index in [0.29, 0.717) is 26.1 Å². The Hall–Kier alpha value is -3.06. The third kappa shape index (κ3) is 4.97. The molecule has 0 saturated heterocycles. The third-order valence-corrected chi connectivity index (χ3v) is 3.90. The summed E-state index contributed by atoms with van der Waals surface area (Å²) in [5, 5.41) is 10.7. The number of pyridine rings is 2. The molecule has 26 heavy (non-hydrogen) atoms. The van der Waals surface area contributed by atoms with Gasteiger partial charge >= 0.3 is 0 Å². The number of carbonyl (C=O) groups excluding carboxylic acids is 1. The molecule has 0 aliphatic heterocycles. The lowest BCUT2D eigenvalue weighted by atomic mass is 10.1. The van der Waals surface area contributed by atoms with Crippen molar-refractivity contribution >= 4 is 5.91 Å². The van der Waals surface area contributed by atoms with Crippen molar-refractivity contribution in [3.05, 3.63) is 66.4 Å². The summed E-state index contributed by atoms with van der Waals surface area (Å²) >= 11 is 0. The molecule has 0 unspecified atom stereocenters. The summed E-state index contributed by atoms with van der Waals surface area (Å²) < 4.78 is 1.79. The molecule has 1 amide bonds. The second-order valence-electron chi connectivity index (χ2n) is 5.98. The summed E-state index contributed by atoms with van der Waals surface area (Å²) in [6.45, 7) is 1.74. The lowest BCUT2D eigenvalue weighted by Gasteiger charge is -2.07. The molecule has 7 nitrogen and oxygen atoms in total. The van der Waals surface area contributed by atoms with Gasteiger partial charge in [0, 0.05) is 75.2 Å². The highest BCUT2D eigenvalue weighted by Crippen LogP contribution is 2.20. The van der Waals surface area contributed by atoms with E-state index in [1.165, 1.54) is 0 Å². The fourth-order valence-electron chi connectivity index (χ4n) is 2.63. The SMILES string of the molecule is Cn1cc(CNCCC(=O)NCc2cccnc2)c(-c2cccnc2)n1. The van der Waals surface area contributed by atoms with Crippen LogP contribution in [0.3, 0.4) is 0 Å². The second-order valence-corrected chi connectivity index (χ2v) is 5.98. The van der Waals surface area contributed by atoms with Crippen LogP contribution in [-0.2, 0) is 24.9 Å². The molecule has 0 bridgehead atoms. The number of amides is 1. The first-order valence-electron chi connectivity index (χ1n) is 8.51. The molecule has 3 heterocycles. The maximum absolute atomic E-state index is 11.9. The molecule has 0 aromatic carbocycles. The van der Waals surface area contributed by atoms with Crippen LogP contribution in [0.15, 0.2) is 55.2 Å². The highest BCUT2D eigenvalue weighted by Gasteiger charge is 2.10. The topological polar surface area (TPSA) is 84.7 Å². The van der Waals surface area contributed by atoms with E-state index in [1.807, 2.05) is 37.5 Å². The monoisotopic (exact) mass is 350 g/mol. The summed E-state index contributed by atoms with van der Waals surface area (Å²) in [5.74, 6) is 0.0139. The molecule has 0 aliphatic carbocycles. The zero-order valence-electron chi connectivity index (χ0n) is 14.7. The Morgan fingerprint density at radius 3 is 2.65 bits per heavy atom. The molecule has 3 aromatic rings. The molecule has 3 aromatic heterocycles. The quantitative estimate of drug-likeness (QED) is 0.604. The molecular weight excluding hydrogens is 328 g/mol. The Morgan fingerprint density at radius 1 is 1.12 bits per heavy atom. The van der Waals surface area contributed by atoms with Gasteiger partial charge in [-0.1, -0.05) is 6.07 Å². The van der Waals surface area contributed by atoms with Crippen LogP contribution in [0, 0.1) is 0 Å². The molecule has 0 atom stereocenters. The largest absolute Gasteiger partial charge is 0.352 e. The number of carbonyl (C=O) groups is 1. The van der Waals surface area contributed by atoms with Crippen molar-refractivity contribution < 1.29 is 4.79 Å². The zero-order chi connectivity index (χ0) is 18.2. The van der Waals surface area contributed by atoms with Crippen LogP contribution in [0.1, 0.15) is 17.5 Å². The average Bonchev–Trinajstić information content (AvgIpc) is 3.06. The minimum atomic E-state index is 0.0139. The molecule has 0 saturated carbocycles. The van der Waals surface area contributed by atoms with Crippen LogP contribution >= 0.6 is 0 Å². The number of nitrogens with zero attached hydrogens (tertiary/aromatic N) is 4. The standard InChI is InChI=1S/C19H22N6O/c1-25-14-17(19(24-25)16-5-3-8-21-12-16)13-22-9-6-18(26)23-11-15-4-2-7-20-10-15/h2-5,7-8,10,12,14,22H,6,9,11,13H2,1H3,(H,23,26). The maximum atomic E-state index is 11.9. The first-order chi connectivity index (χ1) is 12.7. The second kappa shape index (κ2) is 8.87. The van der Waals surface area contributed by atoms with Gasteiger partial charge in [-0.3, -0.25) is 19.4 Å². The minimum Gasteiger partial charge on any atom is -0.352 e.